The lowest BCUT2D eigenvalue weighted by Gasteiger charge is -2.42. The molecule has 3 rings (SSSR count). The average molecular weight is 446 g/mol. The number of nitrogens with one attached hydrogen (secondary N) is 1. The summed E-state index contributed by atoms with van der Waals surface area (Å²) in [7, 11) is 0. The van der Waals surface area contributed by atoms with Gasteiger partial charge in [-0.1, -0.05) is 19.3 Å². The van der Waals surface area contributed by atoms with Gasteiger partial charge in [0, 0.05) is 43.5 Å². The molecule has 0 amide bonds. The molecule has 1 aliphatic carbocycles. The monoisotopic (exact) mass is 444 g/mol. The number of piperazine rings is 1. The maximum atomic E-state index is 11.3. The van der Waals surface area contributed by atoms with Crippen LogP contribution in [0.15, 0.2) is 15.9 Å². The minimum Gasteiger partial charge on any atom is -0.389 e. The largest absolute Gasteiger partial charge is 0.389 e. The molecular formula is C16H27BrCl2N2OS. The Bertz CT molecular complexity index is 463. The van der Waals surface area contributed by atoms with E-state index in [1.54, 1.807) is 11.3 Å². The first-order chi connectivity index (χ1) is 10.2. The van der Waals surface area contributed by atoms with Crippen LogP contribution >= 0.6 is 52.1 Å². The lowest BCUT2D eigenvalue weighted by molar-refractivity contribution is -0.0306. The predicted octanol–water partition coefficient (Wildman–Crippen LogP) is 4.04. The van der Waals surface area contributed by atoms with E-state index < -0.39 is 5.60 Å². The fourth-order valence-corrected chi connectivity index (χ4v) is 5.33. The average Bonchev–Trinajstić information content (AvgIpc) is 2.93. The van der Waals surface area contributed by atoms with E-state index in [0.717, 1.165) is 45.6 Å². The molecule has 23 heavy (non-hydrogen) atoms. The van der Waals surface area contributed by atoms with Crippen molar-refractivity contribution in [3.8, 4) is 0 Å². The van der Waals surface area contributed by atoms with E-state index in [1.807, 2.05) is 0 Å². The molecule has 0 spiro atoms. The molecule has 2 aliphatic rings. The highest BCUT2D eigenvalue weighted by Gasteiger charge is 2.40. The van der Waals surface area contributed by atoms with Crippen LogP contribution < -0.4 is 5.32 Å². The number of thiophene rings is 1. The second-order valence-corrected chi connectivity index (χ2v) is 8.90. The first-order valence-corrected chi connectivity index (χ1v) is 9.69. The van der Waals surface area contributed by atoms with Crippen molar-refractivity contribution in [3.05, 3.63) is 20.8 Å². The molecule has 1 aromatic rings. The summed E-state index contributed by atoms with van der Waals surface area (Å²) < 4.78 is 1.17. The van der Waals surface area contributed by atoms with Crippen LogP contribution in [0, 0.1) is 0 Å². The quantitative estimate of drug-likeness (QED) is 0.733. The summed E-state index contributed by atoms with van der Waals surface area (Å²) in [6, 6.07) is 4.32. The van der Waals surface area contributed by atoms with E-state index in [1.165, 1.54) is 27.9 Å². The third-order valence-electron chi connectivity index (χ3n) is 4.96. The van der Waals surface area contributed by atoms with Crippen LogP contribution in [0.1, 0.15) is 42.9 Å². The molecule has 1 unspecified atom stereocenters. The molecule has 2 heterocycles. The topological polar surface area (TPSA) is 35.5 Å². The van der Waals surface area contributed by atoms with Crippen LogP contribution in [0.5, 0.6) is 0 Å². The first-order valence-electron chi connectivity index (χ1n) is 8.08. The Morgan fingerprint density at radius 1 is 1.17 bits per heavy atom. The number of nitrogens with zero attached hydrogens (tertiary/aromatic N) is 1. The SMILES string of the molecule is Cl.Cl.OC1(C(CN2CCNCC2)c2ccc(Br)s2)CCCCC1. The lowest BCUT2D eigenvalue weighted by Crippen LogP contribution is -2.49. The Hall–Kier alpha value is 0.640. The number of rotatable bonds is 4. The fourth-order valence-electron chi connectivity index (χ4n) is 3.70. The standard InChI is InChI=1S/C16H25BrN2OS.2ClH/c17-15-5-4-14(21-15)13(12-19-10-8-18-9-11-19)16(20)6-2-1-3-7-16;;/h4-5,13,18,20H,1-3,6-12H2;2*1H. The van der Waals surface area contributed by atoms with Crippen LogP contribution in [-0.2, 0) is 0 Å². The Kier molecular flexibility index (Phi) is 9.38. The summed E-state index contributed by atoms with van der Waals surface area (Å²) in [5.41, 5.74) is -0.507. The van der Waals surface area contributed by atoms with Crippen LogP contribution in [-0.4, -0.2) is 48.3 Å². The molecule has 134 valence electrons. The summed E-state index contributed by atoms with van der Waals surface area (Å²) in [6.45, 7) is 5.32. The third kappa shape index (κ3) is 5.56. The Labute approximate surface area is 164 Å². The van der Waals surface area contributed by atoms with Gasteiger partial charge in [-0.05, 0) is 40.9 Å². The molecule has 0 radical (unpaired) electrons. The molecule has 1 atom stereocenters. The number of halogens is 3. The molecule has 2 fully saturated rings. The van der Waals surface area contributed by atoms with Gasteiger partial charge in [0.05, 0.1) is 9.39 Å². The zero-order valence-corrected chi connectivity index (χ0v) is 17.3. The van der Waals surface area contributed by atoms with Crippen molar-refractivity contribution >= 4 is 52.1 Å². The highest BCUT2D eigenvalue weighted by Crippen LogP contribution is 2.43. The normalized spacial score (nSPS) is 22.7. The van der Waals surface area contributed by atoms with E-state index in [-0.39, 0.29) is 30.7 Å². The van der Waals surface area contributed by atoms with E-state index in [2.05, 4.69) is 38.3 Å². The van der Waals surface area contributed by atoms with Gasteiger partial charge >= 0.3 is 0 Å². The molecular weight excluding hydrogens is 419 g/mol. The number of hydrogen-bond acceptors (Lipinski definition) is 4. The van der Waals surface area contributed by atoms with E-state index in [0.29, 0.717) is 0 Å². The molecule has 0 aromatic carbocycles. The highest BCUT2D eigenvalue weighted by atomic mass is 79.9. The second kappa shape index (κ2) is 9.95. The maximum absolute atomic E-state index is 11.3. The molecule has 0 bridgehead atoms. The Morgan fingerprint density at radius 3 is 2.39 bits per heavy atom. The van der Waals surface area contributed by atoms with E-state index in [9.17, 15) is 5.11 Å². The van der Waals surface area contributed by atoms with Gasteiger partial charge in [0.2, 0.25) is 0 Å². The van der Waals surface area contributed by atoms with Crippen molar-refractivity contribution < 1.29 is 5.11 Å². The molecule has 1 saturated carbocycles. The van der Waals surface area contributed by atoms with Gasteiger partial charge in [-0.15, -0.1) is 36.2 Å². The number of hydrogen-bond donors (Lipinski definition) is 2. The van der Waals surface area contributed by atoms with Gasteiger partial charge in [0.1, 0.15) is 0 Å². The third-order valence-corrected chi connectivity index (χ3v) is 6.69. The summed E-state index contributed by atoms with van der Waals surface area (Å²) >= 11 is 5.37. The van der Waals surface area contributed by atoms with Gasteiger partial charge in [-0.25, -0.2) is 0 Å². The first kappa shape index (κ1) is 21.7. The Balaban J connectivity index is 0.00000132. The molecule has 1 aliphatic heterocycles. The molecule has 1 aromatic heterocycles. The van der Waals surface area contributed by atoms with Gasteiger partial charge in [-0.3, -0.25) is 0 Å². The molecule has 1 saturated heterocycles. The van der Waals surface area contributed by atoms with Crippen LogP contribution in [0.25, 0.3) is 0 Å². The lowest BCUT2D eigenvalue weighted by atomic mass is 9.74. The smallest absolute Gasteiger partial charge is 0.0736 e. The van der Waals surface area contributed by atoms with Crippen LogP contribution in [0.2, 0.25) is 0 Å². The Morgan fingerprint density at radius 2 is 1.83 bits per heavy atom. The van der Waals surface area contributed by atoms with Crippen LogP contribution in [0.4, 0.5) is 0 Å². The zero-order valence-electron chi connectivity index (χ0n) is 13.3. The highest BCUT2D eigenvalue weighted by molar-refractivity contribution is 9.11. The molecule has 2 N–H and O–H groups in total. The minimum absolute atomic E-state index is 0. The fraction of sp³-hybridized carbons (Fsp3) is 0.750. The van der Waals surface area contributed by atoms with Crippen molar-refractivity contribution in [3.63, 3.8) is 0 Å². The predicted molar refractivity (Wildman–Crippen MR) is 107 cm³/mol. The van der Waals surface area contributed by atoms with Crippen molar-refractivity contribution in [2.75, 3.05) is 32.7 Å². The van der Waals surface area contributed by atoms with Gasteiger partial charge in [-0.2, -0.15) is 0 Å². The van der Waals surface area contributed by atoms with Gasteiger partial charge in [0.15, 0.2) is 0 Å². The summed E-state index contributed by atoms with van der Waals surface area (Å²) in [4.78, 5) is 3.85. The molecule has 7 heteroatoms. The van der Waals surface area contributed by atoms with Gasteiger partial charge < -0.3 is 15.3 Å². The second-order valence-electron chi connectivity index (χ2n) is 6.41. The van der Waals surface area contributed by atoms with E-state index >= 15 is 0 Å². The van der Waals surface area contributed by atoms with Crippen molar-refractivity contribution in [2.24, 2.45) is 0 Å². The molecule has 3 nitrogen and oxygen atoms in total. The maximum Gasteiger partial charge on any atom is 0.0736 e. The van der Waals surface area contributed by atoms with Crippen molar-refractivity contribution in [1.82, 2.24) is 10.2 Å². The van der Waals surface area contributed by atoms with Gasteiger partial charge in [0.25, 0.3) is 0 Å². The van der Waals surface area contributed by atoms with Crippen molar-refractivity contribution in [1.29, 1.82) is 0 Å². The minimum atomic E-state index is -0.507. The summed E-state index contributed by atoms with van der Waals surface area (Å²) in [5.74, 6) is 0.257. The van der Waals surface area contributed by atoms with Crippen molar-refractivity contribution in [2.45, 2.75) is 43.6 Å². The van der Waals surface area contributed by atoms with E-state index in [4.69, 9.17) is 0 Å². The summed E-state index contributed by atoms with van der Waals surface area (Å²) in [6.07, 6.45) is 5.53. The van der Waals surface area contributed by atoms with Crippen LogP contribution in [0.3, 0.4) is 0 Å². The zero-order chi connectivity index (χ0) is 14.7. The number of aliphatic hydroxyl groups is 1. The summed E-state index contributed by atoms with van der Waals surface area (Å²) in [5, 5.41) is 14.7.